The van der Waals surface area contributed by atoms with Crippen molar-refractivity contribution in [2.75, 3.05) is 40.5 Å². The minimum atomic E-state index is -1.35. The predicted octanol–water partition coefficient (Wildman–Crippen LogP) is 5.33. The van der Waals surface area contributed by atoms with Gasteiger partial charge in [0.1, 0.15) is 17.9 Å². The number of nitrogens with one attached hydrogen (secondary N) is 4. The maximum atomic E-state index is 14.5. The van der Waals surface area contributed by atoms with Crippen molar-refractivity contribution in [3.05, 3.63) is 65.2 Å². The van der Waals surface area contributed by atoms with E-state index in [1.807, 2.05) is 37.3 Å². The third-order valence-corrected chi connectivity index (χ3v) is 10.2. The molecule has 2 aromatic rings. The summed E-state index contributed by atoms with van der Waals surface area (Å²) in [5.41, 5.74) is -0.206. The largest absolute Gasteiger partial charge is 0.481 e. The number of hydrogen-bond acceptors (Lipinski definition) is 10. The highest BCUT2D eigenvalue weighted by Gasteiger charge is 2.53. The molecule has 1 aliphatic heterocycles. The standard InChI is InChI=1S/C42H60N4O10/c1-6-8-10-16-24-43-35(47)20-15-14-19-32(42(3)33(26-45-41(52)46-42)40(51)56-27-29-17-12-11-13-18-29)37(38(49)44-23-9-7-2)30-21-22-34(55-28-36(48)53-4)31(25-30)39(50)54-5/h11-13,17-18,21-22,25,32-33,37H,6-10,14-16,19-20,23-24,26-28H2,1-5H3,(H,43,47)(H,44,49)(H2,45,46,52). The van der Waals surface area contributed by atoms with Crippen LogP contribution in [0.3, 0.4) is 0 Å². The van der Waals surface area contributed by atoms with E-state index in [1.54, 1.807) is 13.0 Å². The monoisotopic (exact) mass is 780 g/mol. The van der Waals surface area contributed by atoms with Crippen molar-refractivity contribution < 1.29 is 47.7 Å². The Labute approximate surface area is 330 Å². The predicted molar refractivity (Wildman–Crippen MR) is 210 cm³/mol. The molecule has 0 spiro atoms. The Morgan fingerprint density at radius 2 is 1.61 bits per heavy atom. The van der Waals surface area contributed by atoms with Gasteiger partial charge in [-0.25, -0.2) is 14.4 Å². The molecule has 0 radical (unpaired) electrons. The lowest BCUT2D eigenvalue weighted by Gasteiger charge is -2.48. The summed E-state index contributed by atoms with van der Waals surface area (Å²) in [4.78, 5) is 79.5. The lowest BCUT2D eigenvalue weighted by molar-refractivity contribution is -0.155. The Morgan fingerprint density at radius 3 is 2.30 bits per heavy atom. The molecule has 0 bridgehead atoms. The van der Waals surface area contributed by atoms with Gasteiger partial charge in [-0.15, -0.1) is 0 Å². The molecule has 14 nitrogen and oxygen atoms in total. The number of ether oxygens (including phenoxy) is 4. The zero-order chi connectivity index (χ0) is 40.9. The van der Waals surface area contributed by atoms with Crippen molar-refractivity contribution >= 4 is 35.8 Å². The van der Waals surface area contributed by atoms with Crippen LogP contribution >= 0.6 is 0 Å². The quantitative estimate of drug-likeness (QED) is 0.0616. The topological polar surface area (TPSA) is 187 Å². The fourth-order valence-corrected chi connectivity index (χ4v) is 7.02. The number of rotatable bonds is 24. The fourth-order valence-electron chi connectivity index (χ4n) is 7.02. The Morgan fingerprint density at radius 1 is 0.875 bits per heavy atom. The molecular formula is C42H60N4O10. The molecule has 1 fully saturated rings. The highest BCUT2D eigenvalue weighted by atomic mass is 16.6. The summed E-state index contributed by atoms with van der Waals surface area (Å²) in [5, 5.41) is 11.8. The molecule has 1 aliphatic rings. The molecule has 4 N–H and O–H groups in total. The van der Waals surface area contributed by atoms with Crippen LogP contribution in [0.5, 0.6) is 5.75 Å². The number of amides is 4. The first kappa shape index (κ1) is 45.3. The summed E-state index contributed by atoms with van der Waals surface area (Å²) in [6.07, 6.45) is 7.23. The van der Waals surface area contributed by atoms with Gasteiger partial charge in [-0.3, -0.25) is 14.4 Å². The molecule has 308 valence electrons. The van der Waals surface area contributed by atoms with E-state index < -0.39 is 53.8 Å². The third kappa shape index (κ3) is 13.6. The number of esters is 3. The molecule has 4 atom stereocenters. The zero-order valence-corrected chi connectivity index (χ0v) is 33.5. The van der Waals surface area contributed by atoms with Crippen molar-refractivity contribution in [3.63, 3.8) is 0 Å². The van der Waals surface area contributed by atoms with Gasteiger partial charge in [-0.05, 0) is 61.8 Å². The van der Waals surface area contributed by atoms with Crippen LogP contribution in [0.15, 0.2) is 48.5 Å². The van der Waals surface area contributed by atoms with Crippen molar-refractivity contribution in [1.29, 1.82) is 0 Å². The second-order valence-corrected chi connectivity index (χ2v) is 14.3. The van der Waals surface area contributed by atoms with Crippen molar-refractivity contribution in [1.82, 2.24) is 21.3 Å². The van der Waals surface area contributed by atoms with Crippen LogP contribution in [0, 0.1) is 11.8 Å². The number of urea groups is 1. The zero-order valence-electron chi connectivity index (χ0n) is 33.5. The van der Waals surface area contributed by atoms with Crippen LogP contribution in [0.25, 0.3) is 0 Å². The number of unbranched alkanes of at least 4 members (excludes halogenated alkanes) is 5. The van der Waals surface area contributed by atoms with Gasteiger partial charge < -0.3 is 40.2 Å². The molecule has 3 rings (SSSR count). The summed E-state index contributed by atoms with van der Waals surface area (Å²) in [7, 11) is 2.42. The van der Waals surface area contributed by atoms with Gasteiger partial charge in [0, 0.05) is 26.1 Å². The fraction of sp³-hybridized carbons (Fsp3) is 0.571. The Kier molecular flexibility index (Phi) is 19.2. The highest BCUT2D eigenvalue weighted by molar-refractivity contribution is 5.94. The van der Waals surface area contributed by atoms with E-state index >= 15 is 0 Å². The minimum absolute atomic E-state index is 0.00881. The number of benzene rings is 2. The van der Waals surface area contributed by atoms with Gasteiger partial charge in [0.2, 0.25) is 11.8 Å². The Bertz CT molecular complexity index is 1600. The number of carbonyl (C=O) groups is 6. The highest BCUT2D eigenvalue weighted by Crippen LogP contribution is 2.43. The minimum Gasteiger partial charge on any atom is -0.481 e. The van der Waals surface area contributed by atoms with Crippen LogP contribution in [-0.4, -0.2) is 81.8 Å². The van der Waals surface area contributed by atoms with Gasteiger partial charge in [0.15, 0.2) is 6.61 Å². The average molecular weight is 781 g/mol. The normalized spacial score (nSPS) is 17.3. The lowest BCUT2D eigenvalue weighted by Crippen LogP contribution is -2.69. The molecule has 4 amide bonds. The lowest BCUT2D eigenvalue weighted by atomic mass is 9.64. The molecule has 56 heavy (non-hydrogen) atoms. The van der Waals surface area contributed by atoms with Crippen LogP contribution in [0.1, 0.15) is 112 Å². The van der Waals surface area contributed by atoms with Crippen LogP contribution in [0.2, 0.25) is 0 Å². The Hall–Kier alpha value is -5.14. The smallest absolute Gasteiger partial charge is 0.343 e. The molecular weight excluding hydrogens is 720 g/mol. The van der Waals surface area contributed by atoms with Crippen LogP contribution in [0.4, 0.5) is 4.79 Å². The van der Waals surface area contributed by atoms with Crippen LogP contribution in [-0.2, 0) is 40.0 Å². The summed E-state index contributed by atoms with van der Waals surface area (Å²) in [6, 6.07) is 13.3. The van der Waals surface area contributed by atoms with E-state index in [0.717, 1.165) is 37.7 Å². The SMILES string of the molecule is CCCCCCNC(=O)CCCCC(C(C(=O)NCCCC)c1ccc(OCC(=O)OC)c(C(=O)OC)c1)C1(C)NC(=O)NCC1C(=O)OCc1ccccc1. The summed E-state index contributed by atoms with van der Waals surface area (Å²) >= 11 is 0. The summed E-state index contributed by atoms with van der Waals surface area (Å²) in [6.45, 7) is 6.34. The number of carbonyl (C=O) groups excluding carboxylic acids is 6. The Balaban J connectivity index is 2.08. The summed E-state index contributed by atoms with van der Waals surface area (Å²) in [5.74, 6) is -5.12. The van der Waals surface area contributed by atoms with E-state index in [9.17, 15) is 28.8 Å². The van der Waals surface area contributed by atoms with Crippen molar-refractivity contribution in [3.8, 4) is 5.75 Å². The van der Waals surface area contributed by atoms with Gasteiger partial charge in [-0.1, -0.05) is 82.3 Å². The van der Waals surface area contributed by atoms with Gasteiger partial charge in [0.05, 0.1) is 31.6 Å². The first-order chi connectivity index (χ1) is 27.0. The molecule has 0 aliphatic carbocycles. The molecule has 14 heteroatoms. The van der Waals surface area contributed by atoms with Gasteiger partial charge >= 0.3 is 23.9 Å². The maximum Gasteiger partial charge on any atom is 0.343 e. The third-order valence-electron chi connectivity index (χ3n) is 10.2. The van der Waals surface area contributed by atoms with E-state index in [0.29, 0.717) is 44.3 Å². The van der Waals surface area contributed by atoms with Crippen LogP contribution < -0.4 is 26.0 Å². The number of methoxy groups -OCH3 is 2. The average Bonchev–Trinajstić information content (AvgIpc) is 3.20. The van der Waals surface area contributed by atoms with E-state index in [1.165, 1.54) is 26.4 Å². The molecule has 2 aromatic carbocycles. The first-order valence-electron chi connectivity index (χ1n) is 19.7. The van der Waals surface area contributed by atoms with Gasteiger partial charge in [-0.2, -0.15) is 0 Å². The second-order valence-electron chi connectivity index (χ2n) is 14.3. The first-order valence-corrected chi connectivity index (χ1v) is 19.7. The second kappa shape index (κ2) is 23.7. The number of hydrogen-bond donors (Lipinski definition) is 4. The van der Waals surface area contributed by atoms with E-state index in [4.69, 9.17) is 14.2 Å². The molecule has 1 heterocycles. The van der Waals surface area contributed by atoms with Crippen molar-refractivity contribution in [2.45, 2.75) is 103 Å². The molecule has 4 unspecified atom stereocenters. The maximum absolute atomic E-state index is 14.5. The van der Waals surface area contributed by atoms with E-state index in [2.05, 4.69) is 32.9 Å². The van der Waals surface area contributed by atoms with Crippen molar-refractivity contribution in [2.24, 2.45) is 11.8 Å². The molecule has 0 aromatic heterocycles. The van der Waals surface area contributed by atoms with Gasteiger partial charge in [0.25, 0.3) is 0 Å². The molecule has 0 saturated carbocycles. The van der Waals surface area contributed by atoms with E-state index in [-0.39, 0.29) is 42.7 Å². The molecule has 1 saturated heterocycles. The summed E-state index contributed by atoms with van der Waals surface area (Å²) < 4.78 is 21.2.